The van der Waals surface area contributed by atoms with E-state index in [9.17, 15) is 14.4 Å². The number of benzene rings is 2. The van der Waals surface area contributed by atoms with Gasteiger partial charge in [0, 0.05) is 19.2 Å². The second kappa shape index (κ2) is 8.45. The molecular formula is C22H26N4O3. The van der Waals surface area contributed by atoms with Crippen LogP contribution in [0.25, 0.3) is 0 Å². The third kappa shape index (κ3) is 4.00. The number of amides is 4. The van der Waals surface area contributed by atoms with Crippen molar-refractivity contribution in [3.63, 3.8) is 0 Å². The standard InChI is InChI=1S/C22H26N4O3/c1-4-22(18-8-6-5-7-9-18)20(28)26(21(29)24-22)15-25(3)14-16-10-12-17(13-11-16)19(27)23-2/h5-13H,4,14-15H2,1-3H3,(H,23,27)(H,24,29)/t22-/m0/s1. The number of nitrogens with zero attached hydrogens (tertiary/aromatic N) is 2. The van der Waals surface area contributed by atoms with Crippen LogP contribution in [-0.2, 0) is 16.9 Å². The molecule has 3 rings (SSSR count). The molecule has 1 atom stereocenters. The van der Waals surface area contributed by atoms with Crippen LogP contribution in [-0.4, -0.2) is 48.4 Å². The second-order valence-electron chi connectivity index (χ2n) is 7.22. The van der Waals surface area contributed by atoms with Crippen molar-refractivity contribution < 1.29 is 14.4 Å². The predicted molar refractivity (Wildman–Crippen MR) is 110 cm³/mol. The summed E-state index contributed by atoms with van der Waals surface area (Å²) in [7, 11) is 3.44. The number of hydrogen-bond acceptors (Lipinski definition) is 4. The Kier molecular flexibility index (Phi) is 5.98. The molecule has 0 bridgehead atoms. The summed E-state index contributed by atoms with van der Waals surface area (Å²) in [6, 6.07) is 16.2. The average Bonchev–Trinajstić information content (AvgIpc) is 2.99. The lowest BCUT2D eigenvalue weighted by molar-refractivity contribution is -0.133. The highest BCUT2D eigenvalue weighted by atomic mass is 16.2. The van der Waals surface area contributed by atoms with Crippen LogP contribution in [0.15, 0.2) is 54.6 Å². The van der Waals surface area contributed by atoms with Gasteiger partial charge in [-0.15, -0.1) is 0 Å². The Hall–Kier alpha value is -3.19. The highest BCUT2D eigenvalue weighted by Gasteiger charge is 2.51. The summed E-state index contributed by atoms with van der Waals surface area (Å²) in [5.41, 5.74) is 1.34. The molecule has 0 radical (unpaired) electrons. The molecule has 0 aromatic heterocycles. The SMILES string of the molecule is CC[C@@]1(c2ccccc2)NC(=O)N(CN(C)Cc2ccc(C(=O)NC)cc2)C1=O. The molecule has 2 aromatic carbocycles. The van der Waals surface area contributed by atoms with E-state index in [-0.39, 0.29) is 24.5 Å². The third-order valence-corrected chi connectivity index (χ3v) is 5.25. The molecule has 1 heterocycles. The van der Waals surface area contributed by atoms with E-state index < -0.39 is 5.54 Å². The van der Waals surface area contributed by atoms with Crippen molar-refractivity contribution in [3.8, 4) is 0 Å². The number of hydrogen-bond donors (Lipinski definition) is 2. The average molecular weight is 394 g/mol. The van der Waals surface area contributed by atoms with E-state index in [1.54, 1.807) is 19.2 Å². The van der Waals surface area contributed by atoms with Crippen LogP contribution in [0.5, 0.6) is 0 Å². The molecule has 152 valence electrons. The molecule has 2 aromatic rings. The van der Waals surface area contributed by atoms with Gasteiger partial charge in [-0.3, -0.25) is 14.5 Å². The lowest BCUT2D eigenvalue weighted by atomic mass is 9.87. The highest BCUT2D eigenvalue weighted by molar-refractivity contribution is 6.07. The molecule has 1 saturated heterocycles. The first-order valence-electron chi connectivity index (χ1n) is 9.60. The van der Waals surface area contributed by atoms with Crippen LogP contribution in [0.4, 0.5) is 4.79 Å². The molecule has 1 aliphatic rings. The second-order valence-corrected chi connectivity index (χ2v) is 7.22. The summed E-state index contributed by atoms with van der Waals surface area (Å²) in [4.78, 5) is 40.6. The van der Waals surface area contributed by atoms with Gasteiger partial charge < -0.3 is 10.6 Å². The van der Waals surface area contributed by atoms with E-state index in [2.05, 4.69) is 10.6 Å². The predicted octanol–water partition coefficient (Wildman–Crippen LogP) is 2.29. The topological polar surface area (TPSA) is 81.8 Å². The fraction of sp³-hybridized carbons (Fsp3) is 0.318. The number of urea groups is 1. The van der Waals surface area contributed by atoms with Crippen molar-refractivity contribution in [2.45, 2.75) is 25.4 Å². The Balaban J connectivity index is 1.70. The maximum absolute atomic E-state index is 13.2. The van der Waals surface area contributed by atoms with Gasteiger partial charge in [0.1, 0.15) is 5.54 Å². The van der Waals surface area contributed by atoms with E-state index in [1.165, 1.54) is 4.90 Å². The van der Waals surface area contributed by atoms with Crippen molar-refractivity contribution in [2.75, 3.05) is 20.8 Å². The minimum Gasteiger partial charge on any atom is -0.355 e. The van der Waals surface area contributed by atoms with Crippen molar-refractivity contribution in [2.24, 2.45) is 0 Å². The Bertz CT molecular complexity index is 898. The van der Waals surface area contributed by atoms with Gasteiger partial charge in [0.15, 0.2) is 0 Å². The van der Waals surface area contributed by atoms with Crippen LogP contribution in [0.3, 0.4) is 0 Å². The number of carbonyl (C=O) groups is 3. The zero-order valence-corrected chi connectivity index (χ0v) is 16.9. The van der Waals surface area contributed by atoms with Crippen LogP contribution in [0, 0.1) is 0 Å². The molecule has 0 aliphatic carbocycles. The highest BCUT2D eigenvalue weighted by Crippen LogP contribution is 2.32. The van der Waals surface area contributed by atoms with E-state index >= 15 is 0 Å². The maximum Gasteiger partial charge on any atom is 0.326 e. The van der Waals surface area contributed by atoms with Gasteiger partial charge in [-0.1, -0.05) is 49.4 Å². The van der Waals surface area contributed by atoms with Gasteiger partial charge in [-0.25, -0.2) is 9.69 Å². The summed E-state index contributed by atoms with van der Waals surface area (Å²) in [5, 5.41) is 5.48. The summed E-state index contributed by atoms with van der Waals surface area (Å²) in [6.45, 7) is 2.61. The first kappa shape index (κ1) is 20.5. The normalized spacial score (nSPS) is 18.8. The fourth-order valence-corrected chi connectivity index (χ4v) is 3.63. The lowest BCUT2D eigenvalue weighted by Crippen LogP contribution is -2.44. The van der Waals surface area contributed by atoms with Crippen molar-refractivity contribution in [3.05, 3.63) is 71.3 Å². The van der Waals surface area contributed by atoms with Crippen LogP contribution < -0.4 is 10.6 Å². The van der Waals surface area contributed by atoms with E-state index in [0.29, 0.717) is 18.5 Å². The number of rotatable bonds is 7. The fourth-order valence-electron chi connectivity index (χ4n) is 3.63. The van der Waals surface area contributed by atoms with E-state index in [0.717, 1.165) is 11.1 Å². The van der Waals surface area contributed by atoms with Crippen molar-refractivity contribution >= 4 is 17.8 Å². The largest absolute Gasteiger partial charge is 0.355 e. The van der Waals surface area contributed by atoms with E-state index in [4.69, 9.17) is 0 Å². The summed E-state index contributed by atoms with van der Waals surface area (Å²) in [6.07, 6.45) is 0.475. The smallest absolute Gasteiger partial charge is 0.326 e. The molecule has 0 unspecified atom stereocenters. The molecule has 29 heavy (non-hydrogen) atoms. The van der Waals surface area contributed by atoms with Gasteiger partial charge in [0.2, 0.25) is 0 Å². The van der Waals surface area contributed by atoms with Crippen LogP contribution in [0.1, 0.15) is 34.8 Å². The molecule has 4 amide bonds. The van der Waals surface area contributed by atoms with E-state index in [1.807, 2.05) is 61.3 Å². The van der Waals surface area contributed by atoms with Gasteiger partial charge >= 0.3 is 6.03 Å². The Morgan fingerprint density at radius 1 is 1.10 bits per heavy atom. The van der Waals surface area contributed by atoms with Gasteiger partial charge in [-0.2, -0.15) is 0 Å². The van der Waals surface area contributed by atoms with Gasteiger partial charge in [-0.05, 0) is 36.7 Å². The third-order valence-electron chi connectivity index (χ3n) is 5.25. The zero-order chi connectivity index (χ0) is 21.0. The Morgan fingerprint density at radius 3 is 2.34 bits per heavy atom. The summed E-state index contributed by atoms with van der Waals surface area (Å²) in [5.74, 6) is -0.376. The Labute approximate surface area is 170 Å². The monoisotopic (exact) mass is 394 g/mol. The Morgan fingerprint density at radius 2 is 1.76 bits per heavy atom. The molecule has 2 N–H and O–H groups in total. The number of carbonyl (C=O) groups excluding carboxylic acids is 3. The quantitative estimate of drug-likeness (QED) is 0.706. The zero-order valence-electron chi connectivity index (χ0n) is 16.9. The molecule has 1 aliphatic heterocycles. The molecule has 1 fully saturated rings. The molecule has 7 nitrogen and oxygen atoms in total. The number of nitrogens with one attached hydrogen (secondary N) is 2. The van der Waals surface area contributed by atoms with Gasteiger partial charge in [0.05, 0.1) is 6.67 Å². The van der Waals surface area contributed by atoms with Crippen molar-refractivity contribution in [1.82, 2.24) is 20.4 Å². The molecule has 0 spiro atoms. The first-order valence-corrected chi connectivity index (χ1v) is 9.60. The lowest BCUT2D eigenvalue weighted by Gasteiger charge is -2.27. The minimum absolute atomic E-state index is 0.138. The summed E-state index contributed by atoms with van der Waals surface area (Å²) >= 11 is 0. The van der Waals surface area contributed by atoms with Crippen LogP contribution >= 0.6 is 0 Å². The minimum atomic E-state index is -1.02. The van der Waals surface area contributed by atoms with Crippen LogP contribution in [0.2, 0.25) is 0 Å². The molecule has 7 heteroatoms. The molecule has 0 saturated carbocycles. The maximum atomic E-state index is 13.2. The van der Waals surface area contributed by atoms with Gasteiger partial charge in [0.25, 0.3) is 11.8 Å². The first-order chi connectivity index (χ1) is 13.9. The van der Waals surface area contributed by atoms with Crippen molar-refractivity contribution in [1.29, 1.82) is 0 Å². The number of imide groups is 1. The molecular weight excluding hydrogens is 368 g/mol. The summed E-state index contributed by atoms with van der Waals surface area (Å²) < 4.78 is 0.